The van der Waals surface area contributed by atoms with E-state index in [1.54, 1.807) is 0 Å². The van der Waals surface area contributed by atoms with Gasteiger partial charge in [-0.05, 0) is 6.07 Å². The number of aliphatic hydroxyl groups is 2. The van der Waals surface area contributed by atoms with Crippen molar-refractivity contribution in [2.24, 2.45) is 0 Å². The van der Waals surface area contributed by atoms with Crippen molar-refractivity contribution in [1.29, 1.82) is 0 Å². The van der Waals surface area contributed by atoms with Gasteiger partial charge in [-0.25, -0.2) is 18.5 Å². The Balaban J connectivity index is -0.000000900. The molecule has 1 aromatic rings. The topological polar surface area (TPSA) is 270 Å². The Morgan fingerprint density at radius 1 is 1.09 bits per heavy atom. The van der Waals surface area contributed by atoms with Crippen molar-refractivity contribution in [1.82, 2.24) is 9.55 Å². The molecule has 8 N–H and O–H groups in total. The minimum absolute atomic E-state index is 0. The third kappa shape index (κ3) is 10.5. The average Bonchev–Trinajstić information content (AvgIpc) is 2.78. The van der Waals surface area contributed by atoms with Crippen molar-refractivity contribution >= 4 is 41.7 Å². The van der Waals surface area contributed by atoms with Crippen LogP contribution in [0.5, 0.6) is 0 Å². The van der Waals surface area contributed by atoms with Crippen LogP contribution < -0.4 is 70.5 Å². The van der Waals surface area contributed by atoms with Gasteiger partial charge in [-0.15, -0.1) is 12.4 Å². The van der Waals surface area contributed by atoms with Crippen LogP contribution in [-0.4, -0.2) is 64.3 Å². The minimum atomic E-state index is -5.71. The summed E-state index contributed by atoms with van der Waals surface area (Å²) in [5.41, 5.74) is 4.39. The molecule has 32 heavy (non-hydrogen) atoms. The number of rotatable bonds is 8. The van der Waals surface area contributed by atoms with Crippen LogP contribution in [0, 0.1) is 0 Å². The first-order chi connectivity index (χ1) is 13.1. The Kier molecular flexibility index (Phi) is 15.0. The summed E-state index contributed by atoms with van der Waals surface area (Å²) in [6.45, 7) is -1.02. The summed E-state index contributed by atoms with van der Waals surface area (Å²) in [5, 5.41) is 20.0. The molecule has 0 aliphatic carbocycles. The van der Waals surface area contributed by atoms with Gasteiger partial charge in [0.25, 0.3) is 0 Å². The van der Waals surface area contributed by atoms with E-state index in [1.165, 1.54) is 6.07 Å². The molecule has 0 aromatic carbocycles. The number of ether oxygens (including phenoxy) is 1. The van der Waals surface area contributed by atoms with E-state index >= 15 is 0 Å². The molecule has 0 amide bonds. The number of nitrogen functional groups attached to an aromatic ring is 1. The second kappa shape index (κ2) is 13.5. The summed E-state index contributed by atoms with van der Waals surface area (Å²) in [4.78, 5) is 50.5. The molecule has 178 valence electrons. The molecule has 23 heteroatoms. The normalized spacial score (nSPS) is 26.6. The van der Waals surface area contributed by atoms with Gasteiger partial charge in [0.2, 0.25) is 0 Å². The van der Waals surface area contributed by atoms with Crippen molar-refractivity contribution < 1.29 is 123 Å². The molecule has 0 radical (unpaired) electrons. The third-order valence-electron chi connectivity index (χ3n) is 3.28. The molecule has 1 aromatic heterocycles. The molecule has 2 heterocycles. The van der Waals surface area contributed by atoms with Crippen LogP contribution in [0.15, 0.2) is 17.1 Å². The second-order valence-corrected chi connectivity index (χ2v) is 9.90. The van der Waals surface area contributed by atoms with Crippen LogP contribution in [-0.2, 0) is 31.6 Å². The maximum Gasteiger partial charge on any atom is 1.00 e. The molecule has 6 atom stereocenters. The number of aliphatic hydroxyl groups excluding tert-OH is 2. The molecule has 1 aliphatic heterocycles. The molecule has 2 rings (SSSR count). The summed E-state index contributed by atoms with van der Waals surface area (Å²) in [7, 11) is -16.7. The first-order valence-electron chi connectivity index (χ1n) is 7.25. The molecule has 1 saturated heterocycles. The zero-order valence-electron chi connectivity index (χ0n) is 18.3. The first kappa shape index (κ1) is 35.4. The molecular weight excluding hydrogens is 548 g/mol. The fourth-order valence-electron chi connectivity index (χ4n) is 2.19. The molecule has 1 fully saturated rings. The third-order valence-corrected chi connectivity index (χ3v) is 7.08. The van der Waals surface area contributed by atoms with Gasteiger partial charge in [0.1, 0.15) is 24.1 Å². The van der Waals surface area contributed by atoms with Gasteiger partial charge in [0.15, 0.2) is 6.23 Å². The Labute approximate surface area is 232 Å². The predicted molar refractivity (Wildman–Crippen MR) is 98.1 cm³/mol. The Bertz CT molecular complexity index is 974. The van der Waals surface area contributed by atoms with E-state index in [0.717, 1.165) is 10.8 Å². The van der Waals surface area contributed by atoms with E-state index in [1.807, 2.05) is 0 Å². The number of nitrogens with zero attached hydrogens (tertiary/aromatic N) is 2. The number of phosphoric ester groups is 1. The van der Waals surface area contributed by atoms with Gasteiger partial charge < -0.3 is 43.1 Å². The first-order valence-corrected chi connectivity index (χ1v) is 11.8. The van der Waals surface area contributed by atoms with Crippen molar-refractivity contribution in [2.45, 2.75) is 24.5 Å². The van der Waals surface area contributed by atoms with Gasteiger partial charge in [-0.3, -0.25) is 9.09 Å². The van der Waals surface area contributed by atoms with Crippen LogP contribution >= 0.6 is 35.9 Å². The summed E-state index contributed by atoms with van der Waals surface area (Å²) < 4.78 is 50.8. The molecule has 0 saturated carbocycles. The molecule has 0 spiro atoms. The maximum absolute atomic E-state index is 11.8. The van der Waals surface area contributed by atoms with Crippen LogP contribution in [0.3, 0.4) is 0 Å². The van der Waals surface area contributed by atoms with E-state index in [0.29, 0.717) is 0 Å². The average molecular weight is 568 g/mol. The zero-order chi connectivity index (χ0) is 22.2. The number of hydrogen-bond acceptors (Lipinski definition) is 12. The summed E-state index contributed by atoms with van der Waals surface area (Å²) in [5.74, 6) is -0.122. The SMILES string of the molecule is Cl.Nc1ccn([C@@H]2O[C@H](COP(=O)(O)OP(=O)(O)OP(=O)(O)O)[C@@H](O)[C@H]2O)c(=O)n1.[H-].[H-].[Na+].[Na+]. The van der Waals surface area contributed by atoms with E-state index < -0.39 is 60.3 Å². The number of hydrogen-bond donors (Lipinski definition) is 7. The van der Waals surface area contributed by atoms with E-state index in [-0.39, 0.29) is 80.2 Å². The minimum Gasteiger partial charge on any atom is -1.00 e. The summed E-state index contributed by atoms with van der Waals surface area (Å²) >= 11 is 0. The summed E-state index contributed by atoms with van der Waals surface area (Å²) in [6.07, 6.45) is -5.38. The number of nitrogens with two attached hydrogens (primary N) is 1. The smallest absolute Gasteiger partial charge is 1.00 e. The number of phosphoric acid groups is 3. The quantitative estimate of drug-likeness (QED) is 0.113. The van der Waals surface area contributed by atoms with Crippen LogP contribution in [0.25, 0.3) is 0 Å². The molecule has 17 nitrogen and oxygen atoms in total. The fourth-order valence-corrected chi connectivity index (χ4v) is 5.22. The Hall–Kier alpha value is 1.26. The van der Waals surface area contributed by atoms with Crippen molar-refractivity contribution in [2.75, 3.05) is 12.3 Å². The van der Waals surface area contributed by atoms with Crippen LogP contribution in [0.4, 0.5) is 5.82 Å². The van der Waals surface area contributed by atoms with Gasteiger partial charge in [0, 0.05) is 6.20 Å². The zero-order valence-corrected chi connectivity index (χ0v) is 23.8. The number of anilines is 1. The van der Waals surface area contributed by atoms with Crippen LogP contribution in [0.2, 0.25) is 0 Å². The molecule has 2 unspecified atom stereocenters. The van der Waals surface area contributed by atoms with Crippen molar-refractivity contribution in [3.05, 3.63) is 22.7 Å². The molecule has 0 bridgehead atoms. The maximum atomic E-state index is 11.8. The largest absolute Gasteiger partial charge is 1.00 e. The standard InChI is InChI=1S/C9H16N3O14P3.ClH.2Na.2H/c10-5-1-2-12(9(15)11-5)8-7(14)6(13)4(24-8)3-23-28(19,20)26-29(21,22)25-27(16,17)18;;;;;/h1-2,4,6-8,13-14H,3H2,(H,19,20)(H,21,22)(H2,10,11,15)(H2,16,17,18);1H;;;;/q;;2*+1;2*-1/t4-,6-,7-,8-;;;;;/m1...../s1. The van der Waals surface area contributed by atoms with Gasteiger partial charge >= 0.3 is 88.3 Å². The van der Waals surface area contributed by atoms with Crippen molar-refractivity contribution in [3.8, 4) is 0 Å². The van der Waals surface area contributed by atoms with Crippen LogP contribution in [0.1, 0.15) is 9.08 Å². The molecular formula is C9H19ClN3Na2O14P3. The summed E-state index contributed by atoms with van der Waals surface area (Å²) in [6, 6.07) is 1.20. The Morgan fingerprint density at radius 3 is 2.16 bits per heavy atom. The Morgan fingerprint density at radius 2 is 1.66 bits per heavy atom. The number of aromatic nitrogens is 2. The van der Waals surface area contributed by atoms with E-state index in [9.17, 15) is 33.6 Å². The van der Waals surface area contributed by atoms with Crippen molar-refractivity contribution in [3.63, 3.8) is 0 Å². The van der Waals surface area contributed by atoms with Gasteiger partial charge in [-0.1, -0.05) is 0 Å². The van der Waals surface area contributed by atoms with E-state index in [2.05, 4.69) is 18.1 Å². The monoisotopic (exact) mass is 567 g/mol. The number of halogens is 1. The fraction of sp³-hybridized carbons (Fsp3) is 0.556. The molecule has 1 aliphatic rings. The van der Waals surface area contributed by atoms with Gasteiger partial charge in [-0.2, -0.15) is 13.6 Å². The van der Waals surface area contributed by atoms with E-state index in [4.69, 9.17) is 25.2 Å². The van der Waals surface area contributed by atoms with Gasteiger partial charge in [0.05, 0.1) is 6.61 Å². The predicted octanol–water partition coefficient (Wildman–Crippen LogP) is -7.56. The second-order valence-electron chi connectivity index (χ2n) is 5.48.